The van der Waals surface area contributed by atoms with Crippen LogP contribution >= 0.6 is 33.9 Å². The number of carbonyl (C=O) groups is 1. The molecule has 2 rings (SSSR count). The summed E-state index contributed by atoms with van der Waals surface area (Å²) in [5, 5.41) is 4.95. The van der Waals surface area contributed by atoms with E-state index in [1.165, 1.54) is 11.3 Å². The van der Waals surface area contributed by atoms with Gasteiger partial charge in [0, 0.05) is 27.2 Å². The van der Waals surface area contributed by atoms with Gasteiger partial charge in [-0.2, -0.15) is 0 Å². The third-order valence-corrected chi connectivity index (χ3v) is 5.01. The summed E-state index contributed by atoms with van der Waals surface area (Å²) in [6.45, 7) is 0. The van der Waals surface area contributed by atoms with Gasteiger partial charge in [0.1, 0.15) is 9.84 Å². The zero-order chi connectivity index (χ0) is 15.5. The number of halogens is 1. The molecular formula is C13H13IN2O3S2. The average Bonchev–Trinajstić information content (AvgIpc) is 2.85. The van der Waals surface area contributed by atoms with E-state index in [1.54, 1.807) is 0 Å². The second-order valence-corrected chi connectivity index (χ2v) is 8.84. The van der Waals surface area contributed by atoms with Crippen LogP contribution in [0.15, 0.2) is 29.6 Å². The molecule has 5 nitrogen and oxygen atoms in total. The number of nitrogens with zero attached hydrogens (tertiary/aromatic N) is 1. The number of hydrogen-bond acceptors (Lipinski definition) is 5. The maximum Gasteiger partial charge on any atom is 0.227 e. The molecule has 0 saturated heterocycles. The Labute approximate surface area is 140 Å². The number of hydrogen-bond donors (Lipinski definition) is 1. The molecule has 0 spiro atoms. The van der Waals surface area contributed by atoms with Crippen LogP contribution in [0.25, 0.3) is 11.3 Å². The summed E-state index contributed by atoms with van der Waals surface area (Å²) < 4.78 is 23.2. The highest BCUT2D eigenvalue weighted by molar-refractivity contribution is 14.1. The summed E-state index contributed by atoms with van der Waals surface area (Å²) in [6, 6.07) is 7.90. The number of amides is 1. The number of carbonyl (C=O) groups excluding carboxylic acids is 1. The normalized spacial score (nSPS) is 11.3. The van der Waals surface area contributed by atoms with Crippen LogP contribution in [-0.4, -0.2) is 31.3 Å². The summed E-state index contributed by atoms with van der Waals surface area (Å²) in [6.07, 6.45) is 1.05. The van der Waals surface area contributed by atoms with E-state index in [-0.39, 0.29) is 18.1 Å². The second-order valence-electron chi connectivity index (χ2n) is 4.47. The van der Waals surface area contributed by atoms with E-state index in [0.717, 1.165) is 21.1 Å². The molecule has 1 amide bonds. The van der Waals surface area contributed by atoms with Crippen LogP contribution in [0.2, 0.25) is 0 Å². The lowest BCUT2D eigenvalue weighted by Crippen LogP contribution is -2.16. The van der Waals surface area contributed by atoms with Crippen molar-refractivity contribution in [1.82, 2.24) is 4.98 Å². The topological polar surface area (TPSA) is 76.1 Å². The number of nitrogens with one attached hydrogen (secondary N) is 1. The van der Waals surface area contributed by atoms with Gasteiger partial charge in [0.2, 0.25) is 5.91 Å². The molecule has 0 saturated carbocycles. The van der Waals surface area contributed by atoms with E-state index in [4.69, 9.17) is 0 Å². The second kappa shape index (κ2) is 6.84. The van der Waals surface area contributed by atoms with Crippen LogP contribution in [-0.2, 0) is 14.6 Å². The molecule has 1 aromatic heterocycles. The molecule has 8 heteroatoms. The van der Waals surface area contributed by atoms with Gasteiger partial charge >= 0.3 is 0 Å². The Hall–Kier alpha value is -1.000. The SMILES string of the molecule is CS(=O)(=O)CCC(=O)Nc1nc(-c2ccc(I)cc2)cs1. The van der Waals surface area contributed by atoms with E-state index >= 15 is 0 Å². The molecule has 1 heterocycles. The van der Waals surface area contributed by atoms with E-state index in [0.29, 0.717) is 5.13 Å². The first kappa shape index (κ1) is 16.4. The fraction of sp³-hybridized carbons (Fsp3) is 0.231. The van der Waals surface area contributed by atoms with Crippen LogP contribution < -0.4 is 5.32 Å². The zero-order valence-corrected chi connectivity index (χ0v) is 15.0. The van der Waals surface area contributed by atoms with Crippen LogP contribution in [0.4, 0.5) is 5.13 Å². The van der Waals surface area contributed by atoms with E-state index in [1.807, 2.05) is 29.6 Å². The molecular weight excluding hydrogens is 423 g/mol. The Morgan fingerprint density at radius 3 is 2.62 bits per heavy atom. The molecule has 0 bridgehead atoms. The molecule has 21 heavy (non-hydrogen) atoms. The van der Waals surface area contributed by atoms with Crippen LogP contribution in [0.1, 0.15) is 6.42 Å². The van der Waals surface area contributed by atoms with Crippen molar-refractivity contribution in [3.63, 3.8) is 0 Å². The van der Waals surface area contributed by atoms with Gasteiger partial charge in [-0.25, -0.2) is 13.4 Å². The molecule has 0 fully saturated rings. The summed E-state index contributed by atoms with van der Waals surface area (Å²) in [5.41, 5.74) is 1.76. The Balaban J connectivity index is 2.00. The molecule has 0 unspecified atom stereocenters. The number of rotatable bonds is 5. The third kappa shape index (κ3) is 5.36. The van der Waals surface area contributed by atoms with Crippen molar-refractivity contribution >= 4 is 54.8 Å². The Kier molecular flexibility index (Phi) is 5.33. The number of sulfone groups is 1. The predicted molar refractivity (Wildman–Crippen MR) is 93.2 cm³/mol. The summed E-state index contributed by atoms with van der Waals surface area (Å²) >= 11 is 3.54. The smallest absolute Gasteiger partial charge is 0.227 e. The standard InChI is InChI=1S/C13H13IN2O3S2/c1-21(18,19)7-6-12(17)16-13-15-11(8-20-13)9-2-4-10(14)5-3-9/h2-5,8H,6-7H2,1H3,(H,15,16,17). The van der Waals surface area contributed by atoms with Crippen LogP contribution in [0.5, 0.6) is 0 Å². The van der Waals surface area contributed by atoms with Crippen molar-refractivity contribution < 1.29 is 13.2 Å². The number of benzene rings is 1. The van der Waals surface area contributed by atoms with Gasteiger partial charge in [-0.15, -0.1) is 11.3 Å². The van der Waals surface area contributed by atoms with Crippen molar-refractivity contribution in [3.8, 4) is 11.3 Å². The first-order chi connectivity index (χ1) is 9.83. The van der Waals surface area contributed by atoms with Gasteiger partial charge < -0.3 is 5.32 Å². The van der Waals surface area contributed by atoms with E-state index in [9.17, 15) is 13.2 Å². The van der Waals surface area contributed by atoms with Crippen molar-refractivity contribution in [2.24, 2.45) is 0 Å². The molecule has 0 atom stereocenters. The minimum atomic E-state index is -3.13. The highest BCUT2D eigenvalue weighted by Gasteiger charge is 2.11. The van der Waals surface area contributed by atoms with Crippen LogP contribution in [0, 0.1) is 3.57 Å². The Morgan fingerprint density at radius 2 is 2.00 bits per heavy atom. The first-order valence-corrected chi connectivity index (χ1v) is 10.0. The van der Waals surface area contributed by atoms with E-state index < -0.39 is 9.84 Å². The van der Waals surface area contributed by atoms with Gasteiger partial charge in [0.25, 0.3) is 0 Å². The van der Waals surface area contributed by atoms with E-state index in [2.05, 4.69) is 32.9 Å². The molecule has 0 aliphatic heterocycles. The van der Waals surface area contributed by atoms with Gasteiger partial charge in [0.15, 0.2) is 5.13 Å². The lowest BCUT2D eigenvalue weighted by atomic mass is 10.2. The Bertz CT molecular complexity index is 739. The maximum absolute atomic E-state index is 11.6. The minimum Gasteiger partial charge on any atom is -0.302 e. The zero-order valence-electron chi connectivity index (χ0n) is 11.2. The summed E-state index contributed by atoms with van der Waals surface area (Å²) in [7, 11) is -3.13. The minimum absolute atomic E-state index is 0.0583. The fourth-order valence-corrected chi connectivity index (χ4v) is 3.20. The third-order valence-electron chi connectivity index (χ3n) is 2.59. The highest BCUT2D eigenvalue weighted by atomic mass is 127. The lowest BCUT2D eigenvalue weighted by molar-refractivity contribution is -0.115. The fourth-order valence-electron chi connectivity index (χ4n) is 1.54. The van der Waals surface area contributed by atoms with Gasteiger partial charge in [-0.05, 0) is 34.7 Å². The number of aromatic nitrogens is 1. The molecule has 0 aliphatic rings. The predicted octanol–water partition coefficient (Wildman–Crippen LogP) is 2.79. The number of thiazole rings is 1. The summed E-state index contributed by atoms with van der Waals surface area (Å²) in [5.74, 6) is -0.502. The van der Waals surface area contributed by atoms with Crippen molar-refractivity contribution in [2.45, 2.75) is 6.42 Å². The average molecular weight is 436 g/mol. The van der Waals surface area contributed by atoms with Gasteiger partial charge in [-0.3, -0.25) is 4.79 Å². The van der Waals surface area contributed by atoms with Crippen molar-refractivity contribution in [3.05, 3.63) is 33.2 Å². The quantitative estimate of drug-likeness (QED) is 0.732. The monoisotopic (exact) mass is 436 g/mol. The molecule has 1 N–H and O–H groups in total. The number of anilines is 1. The Morgan fingerprint density at radius 1 is 1.33 bits per heavy atom. The molecule has 0 radical (unpaired) electrons. The van der Waals surface area contributed by atoms with Gasteiger partial charge in [-0.1, -0.05) is 12.1 Å². The van der Waals surface area contributed by atoms with Crippen molar-refractivity contribution in [1.29, 1.82) is 0 Å². The van der Waals surface area contributed by atoms with Gasteiger partial charge in [0.05, 0.1) is 11.4 Å². The summed E-state index contributed by atoms with van der Waals surface area (Å²) in [4.78, 5) is 16.0. The molecule has 0 aliphatic carbocycles. The maximum atomic E-state index is 11.6. The first-order valence-electron chi connectivity index (χ1n) is 6.02. The van der Waals surface area contributed by atoms with Crippen LogP contribution in [0.3, 0.4) is 0 Å². The van der Waals surface area contributed by atoms with Crippen molar-refractivity contribution in [2.75, 3.05) is 17.3 Å². The lowest BCUT2D eigenvalue weighted by Gasteiger charge is -2.00. The molecule has 1 aromatic carbocycles. The molecule has 2 aromatic rings. The highest BCUT2D eigenvalue weighted by Crippen LogP contribution is 2.25. The largest absolute Gasteiger partial charge is 0.302 e. The molecule has 112 valence electrons.